The highest BCUT2D eigenvalue weighted by Crippen LogP contribution is 2.26. The van der Waals surface area contributed by atoms with Crippen molar-refractivity contribution in [3.8, 4) is 0 Å². The fourth-order valence-corrected chi connectivity index (χ4v) is 3.08. The number of aryl methyl sites for hydroxylation is 1. The van der Waals surface area contributed by atoms with Crippen LogP contribution >= 0.6 is 12.4 Å². The highest BCUT2D eigenvalue weighted by molar-refractivity contribution is 6.17. The maximum Gasteiger partial charge on any atom is 0.251 e. The maximum absolute atomic E-state index is 12.9. The number of benzene rings is 2. The zero-order chi connectivity index (χ0) is 19.0. The smallest absolute Gasteiger partial charge is 0.251 e. The minimum absolute atomic E-state index is 0. The number of hydrogen-bond donors (Lipinski definition) is 3. The van der Waals surface area contributed by atoms with Gasteiger partial charge in [0, 0.05) is 33.3 Å². The van der Waals surface area contributed by atoms with Gasteiger partial charge >= 0.3 is 0 Å². The number of H-pyrrole nitrogens is 1. The molecule has 1 amide bonds. The molecule has 0 unspecified atom stereocenters. The summed E-state index contributed by atoms with van der Waals surface area (Å²) in [5, 5.41) is 11.3. The molecule has 0 atom stereocenters. The Kier molecular flexibility index (Phi) is 5.28. The number of amides is 1. The van der Waals surface area contributed by atoms with E-state index in [1.165, 1.54) is 0 Å². The zero-order valence-corrected chi connectivity index (χ0v) is 15.8. The van der Waals surface area contributed by atoms with Crippen LogP contribution < -0.4 is 11.1 Å². The number of hydrogen-bond acceptors (Lipinski definition) is 5. The number of nitrogens with zero attached hydrogens (tertiary/aromatic N) is 2. The highest BCUT2D eigenvalue weighted by Gasteiger charge is 2.16. The first-order valence-corrected chi connectivity index (χ1v) is 8.43. The lowest BCUT2D eigenvalue weighted by Gasteiger charge is -2.09. The molecule has 4 N–H and O–H groups in total. The molecule has 4 aromatic rings. The van der Waals surface area contributed by atoms with Gasteiger partial charge in [0.15, 0.2) is 5.78 Å². The van der Waals surface area contributed by atoms with Gasteiger partial charge in [-0.2, -0.15) is 5.10 Å². The van der Waals surface area contributed by atoms with Crippen LogP contribution in [-0.2, 0) is 0 Å². The molecule has 28 heavy (non-hydrogen) atoms. The molecule has 0 fully saturated rings. The predicted molar refractivity (Wildman–Crippen MR) is 111 cm³/mol. The number of ketones is 1. The molecule has 0 spiro atoms. The van der Waals surface area contributed by atoms with Crippen molar-refractivity contribution in [3.63, 3.8) is 0 Å². The van der Waals surface area contributed by atoms with Crippen molar-refractivity contribution < 1.29 is 9.59 Å². The second-order valence-electron chi connectivity index (χ2n) is 6.33. The number of Topliss-reactive ketones (excluding diaryl/α,β-unsaturated/α-hetero) is 1. The summed E-state index contributed by atoms with van der Waals surface area (Å²) in [5.74, 6) is -0.526. The lowest BCUT2D eigenvalue weighted by molar-refractivity contribution is 0.0904. The minimum atomic E-state index is -0.329. The molecule has 0 aliphatic carbocycles. The molecule has 0 saturated heterocycles. The molecule has 4 rings (SSSR count). The standard InChI is InChI=1S/C20H17N5O2.ClH/c1-11-8-15(18-16(24-11)7-4-13-9-23-25-19(13)18)17(26)10-22-20(27)12-2-5-14(21)6-3-12;/h2-9H,10,21H2,1H3,(H,22,27)(H,23,25);1H. The van der Waals surface area contributed by atoms with Crippen LogP contribution in [0.2, 0.25) is 0 Å². The van der Waals surface area contributed by atoms with Crippen LogP contribution in [0.25, 0.3) is 21.8 Å². The van der Waals surface area contributed by atoms with Crippen LogP contribution in [0.4, 0.5) is 5.69 Å². The van der Waals surface area contributed by atoms with E-state index in [2.05, 4.69) is 20.5 Å². The fraction of sp³-hybridized carbons (Fsp3) is 0.100. The van der Waals surface area contributed by atoms with E-state index in [9.17, 15) is 9.59 Å². The number of nitrogens with one attached hydrogen (secondary N) is 2. The number of aromatic nitrogens is 3. The number of fused-ring (bicyclic) bond motifs is 3. The van der Waals surface area contributed by atoms with Crippen molar-refractivity contribution in [2.75, 3.05) is 12.3 Å². The number of rotatable bonds is 4. The van der Waals surface area contributed by atoms with Crippen LogP contribution in [0, 0.1) is 6.92 Å². The molecule has 0 radical (unpaired) electrons. The van der Waals surface area contributed by atoms with E-state index in [4.69, 9.17) is 5.73 Å². The number of nitrogens with two attached hydrogens (primary N) is 1. The molecule has 0 bridgehead atoms. The van der Waals surface area contributed by atoms with Gasteiger partial charge in [-0.1, -0.05) is 0 Å². The summed E-state index contributed by atoms with van der Waals surface area (Å²) < 4.78 is 0. The van der Waals surface area contributed by atoms with Crippen molar-refractivity contribution >= 4 is 51.6 Å². The van der Waals surface area contributed by atoms with E-state index in [-0.39, 0.29) is 30.6 Å². The third kappa shape index (κ3) is 3.52. The minimum Gasteiger partial charge on any atom is -0.399 e. The first-order chi connectivity index (χ1) is 13.0. The van der Waals surface area contributed by atoms with Crippen molar-refractivity contribution in [3.05, 3.63) is 65.5 Å². The maximum atomic E-state index is 12.9. The van der Waals surface area contributed by atoms with Gasteiger partial charge in [-0.3, -0.25) is 19.7 Å². The van der Waals surface area contributed by atoms with Crippen LogP contribution in [0.1, 0.15) is 26.4 Å². The lowest BCUT2D eigenvalue weighted by atomic mass is 10.0. The fourth-order valence-electron chi connectivity index (χ4n) is 3.08. The molecule has 2 heterocycles. The molecule has 142 valence electrons. The lowest BCUT2D eigenvalue weighted by Crippen LogP contribution is -2.29. The molecular formula is C20H18ClN5O2. The monoisotopic (exact) mass is 395 g/mol. The Bertz CT molecular complexity index is 1180. The van der Waals surface area contributed by atoms with Crippen molar-refractivity contribution in [1.29, 1.82) is 0 Å². The number of halogens is 1. The van der Waals surface area contributed by atoms with Gasteiger partial charge in [-0.15, -0.1) is 12.4 Å². The Hall–Kier alpha value is -3.45. The molecule has 2 aromatic heterocycles. The molecule has 8 heteroatoms. The predicted octanol–water partition coefficient (Wildman–Crippen LogP) is 3.04. The van der Waals surface area contributed by atoms with Crippen LogP contribution in [0.15, 0.2) is 48.7 Å². The average Bonchev–Trinajstić information content (AvgIpc) is 3.14. The van der Waals surface area contributed by atoms with Gasteiger partial charge in [0.05, 0.1) is 23.8 Å². The average molecular weight is 396 g/mol. The van der Waals surface area contributed by atoms with E-state index in [0.717, 1.165) is 16.6 Å². The van der Waals surface area contributed by atoms with Crippen molar-refractivity contribution in [1.82, 2.24) is 20.5 Å². The van der Waals surface area contributed by atoms with Crippen LogP contribution in [-0.4, -0.2) is 33.4 Å². The van der Waals surface area contributed by atoms with Gasteiger partial charge in [0.2, 0.25) is 0 Å². The van der Waals surface area contributed by atoms with Gasteiger partial charge in [-0.05, 0) is 49.4 Å². The normalized spacial score (nSPS) is 10.6. The largest absolute Gasteiger partial charge is 0.399 e. The van der Waals surface area contributed by atoms with Crippen molar-refractivity contribution in [2.45, 2.75) is 6.92 Å². The Balaban J connectivity index is 0.00000225. The van der Waals surface area contributed by atoms with E-state index in [0.29, 0.717) is 27.7 Å². The number of carbonyl (C=O) groups is 2. The summed E-state index contributed by atoms with van der Waals surface area (Å²) >= 11 is 0. The molecule has 2 aromatic carbocycles. The number of carbonyl (C=O) groups excluding carboxylic acids is 2. The third-order valence-corrected chi connectivity index (χ3v) is 4.40. The summed E-state index contributed by atoms with van der Waals surface area (Å²) in [4.78, 5) is 29.6. The van der Waals surface area contributed by atoms with Gasteiger partial charge < -0.3 is 11.1 Å². The second kappa shape index (κ2) is 7.66. The topological polar surface area (TPSA) is 114 Å². The van der Waals surface area contributed by atoms with Gasteiger partial charge in [0.25, 0.3) is 5.91 Å². The summed E-state index contributed by atoms with van der Waals surface area (Å²) in [6, 6.07) is 12.0. The summed E-state index contributed by atoms with van der Waals surface area (Å²) in [6.45, 7) is 1.71. The van der Waals surface area contributed by atoms with Crippen LogP contribution in [0.3, 0.4) is 0 Å². The number of pyridine rings is 1. The summed E-state index contributed by atoms with van der Waals surface area (Å²) in [5.41, 5.74) is 9.35. The highest BCUT2D eigenvalue weighted by atomic mass is 35.5. The second-order valence-corrected chi connectivity index (χ2v) is 6.33. The Labute approximate surface area is 166 Å². The molecule has 0 aliphatic heterocycles. The SMILES string of the molecule is Cc1cc(C(=O)CNC(=O)c2ccc(N)cc2)c2c(ccc3cn[nH]c32)n1.Cl. The zero-order valence-electron chi connectivity index (χ0n) is 15.0. The van der Waals surface area contributed by atoms with E-state index < -0.39 is 0 Å². The molecule has 0 aliphatic rings. The molecule has 0 saturated carbocycles. The van der Waals surface area contributed by atoms with Gasteiger partial charge in [-0.25, -0.2) is 0 Å². The third-order valence-electron chi connectivity index (χ3n) is 4.40. The Morgan fingerprint density at radius 1 is 1.14 bits per heavy atom. The number of aromatic amines is 1. The summed E-state index contributed by atoms with van der Waals surface area (Å²) in [7, 11) is 0. The van der Waals surface area contributed by atoms with E-state index in [1.54, 1.807) is 36.5 Å². The van der Waals surface area contributed by atoms with E-state index >= 15 is 0 Å². The number of anilines is 1. The molecule has 7 nitrogen and oxygen atoms in total. The van der Waals surface area contributed by atoms with Crippen LogP contribution in [0.5, 0.6) is 0 Å². The number of nitrogen functional groups attached to an aromatic ring is 1. The van der Waals surface area contributed by atoms with Crippen molar-refractivity contribution in [2.24, 2.45) is 0 Å². The van der Waals surface area contributed by atoms with E-state index in [1.807, 2.05) is 19.1 Å². The molecular weight excluding hydrogens is 378 g/mol. The Morgan fingerprint density at radius 3 is 2.64 bits per heavy atom. The van der Waals surface area contributed by atoms with Gasteiger partial charge in [0.1, 0.15) is 0 Å². The first kappa shape index (κ1) is 19.3. The summed E-state index contributed by atoms with van der Waals surface area (Å²) in [6.07, 6.45) is 1.70. The quantitative estimate of drug-likeness (QED) is 0.363. The first-order valence-electron chi connectivity index (χ1n) is 8.43. The Morgan fingerprint density at radius 2 is 1.89 bits per heavy atom.